The third kappa shape index (κ3) is 6.28. The van der Waals surface area contributed by atoms with Crippen molar-refractivity contribution in [3.8, 4) is 11.5 Å². The fourth-order valence-corrected chi connectivity index (χ4v) is 5.05. The molecular formula is C22H16N4O11S3. The zero-order valence-corrected chi connectivity index (χ0v) is 22.0. The molecule has 0 atom stereocenters. The van der Waals surface area contributed by atoms with Gasteiger partial charge in [0.2, 0.25) is 0 Å². The molecule has 0 saturated heterocycles. The molecule has 0 aliphatic heterocycles. The van der Waals surface area contributed by atoms with E-state index >= 15 is 0 Å². The molecule has 0 unspecified atom stereocenters. The van der Waals surface area contributed by atoms with Crippen molar-refractivity contribution in [3.63, 3.8) is 0 Å². The van der Waals surface area contributed by atoms with Gasteiger partial charge in [0.1, 0.15) is 16.3 Å². The Bertz CT molecular complexity index is 2020. The molecule has 15 nitrogen and oxygen atoms in total. The first-order chi connectivity index (χ1) is 18.5. The third-order valence-corrected chi connectivity index (χ3v) is 7.78. The first-order valence-electron chi connectivity index (χ1n) is 10.5. The summed E-state index contributed by atoms with van der Waals surface area (Å²) >= 11 is 0. The molecular weight excluding hydrogens is 592 g/mol. The third-order valence-electron chi connectivity index (χ3n) is 5.21. The summed E-state index contributed by atoms with van der Waals surface area (Å²) in [6.07, 6.45) is 0. The number of nitrogens with zero attached hydrogens (tertiary/aromatic N) is 4. The number of fused-ring (bicyclic) bond motifs is 1. The molecule has 0 radical (unpaired) electrons. The number of phenols is 2. The number of aromatic hydroxyl groups is 2. The van der Waals surface area contributed by atoms with Crippen LogP contribution in [0.1, 0.15) is 0 Å². The van der Waals surface area contributed by atoms with Gasteiger partial charge in [-0.3, -0.25) is 13.7 Å². The average Bonchev–Trinajstić information content (AvgIpc) is 2.85. The lowest BCUT2D eigenvalue weighted by Gasteiger charge is -2.11. The van der Waals surface area contributed by atoms with Crippen LogP contribution in [0.25, 0.3) is 10.8 Å². The van der Waals surface area contributed by atoms with Crippen LogP contribution in [0.2, 0.25) is 0 Å². The zero-order valence-electron chi connectivity index (χ0n) is 19.6. The molecule has 0 amide bonds. The quantitative estimate of drug-likeness (QED) is 0.140. The molecule has 0 spiro atoms. The first kappa shape index (κ1) is 28.7. The van der Waals surface area contributed by atoms with Crippen LogP contribution in [-0.2, 0) is 30.4 Å². The van der Waals surface area contributed by atoms with Gasteiger partial charge >= 0.3 is 0 Å². The van der Waals surface area contributed by atoms with Crippen molar-refractivity contribution in [3.05, 3.63) is 66.7 Å². The van der Waals surface area contributed by atoms with E-state index in [2.05, 4.69) is 20.5 Å². The highest BCUT2D eigenvalue weighted by Crippen LogP contribution is 2.45. The summed E-state index contributed by atoms with van der Waals surface area (Å²) in [6, 6.07) is 12.7. The maximum atomic E-state index is 12.0. The lowest BCUT2D eigenvalue weighted by molar-refractivity contribution is 0.457. The summed E-state index contributed by atoms with van der Waals surface area (Å²) in [4.78, 5) is -2.06. The Morgan fingerprint density at radius 2 is 0.975 bits per heavy atom. The first-order valence-corrected chi connectivity index (χ1v) is 14.8. The number of benzene rings is 4. The van der Waals surface area contributed by atoms with E-state index in [1.807, 2.05) is 0 Å². The van der Waals surface area contributed by atoms with E-state index in [9.17, 15) is 44.6 Å². The van der Waals surface area contributed by atoms with E-state index in [0.717, 1.165) is 24.3 Å². The van der Waals surface area contributed by atoms with E-state index in [0.29, 0.717) is 11.8 Å². The van der Waals surface area contributed by atoms with Crippen molar-refractivity contribution in [2.24, 2.45) is 20.5 Å². The molecule has 18 heteroatoms. The van der Waals surface area contributed by atoms with Crippen LogP contribution in [-0.4, -0.2) is 49.1 Å². The van der Waals surface area contributed by atoms with E-state index < -0.39 is 62.7 Å². The number of azo groups is 2. The zero-order chi connectivity index (χ0) is 29.5. The number of phenolic OH excluding ortho intramolecular Hbond substituents is 2. The van der Waals surface area contributed by atoms with Crippen LogP contribution in [0.15, 0.2) is 102 Å². The minimum atomic E-state index is -5.05. The normalized spacial score (nSPS) is 13.0. The summed E-state index contributed by atoms with van der Waals surface area (Å²) in [5.41, 5.74) is -0.0256. The summed E-state index contributed by atoms with van der Waals surface area (Å²) < 4.78 is 96.9. The van der Waals surface area contributed by atoms with Crippen LogP contribution >= 0.6 is 0 Å². The SMILES string of the molecule is O=S(=O)(O)c1ccc(N=Nc2ccc(N=Nc3c(S(=O)(=O)O)cc4cc(S(=O)(=O)O)cc(O)c4c3O)cc2)cc1. The highest BCUT2D eigenvalue weighted by atomic mass is 32.2. The Balaban J connectivity index is 1.67. The smallest absolute Gasteiger partial charge is 0.296 e. The molecule has 208 valence electrons. The minimum absolute atomic E-state index is 0.128. The Labute approximate surface area is 226 Å². The van der Waals surface area contributed by atoms with E-state index in [1.54, 1.807) is 0 Å². The van der Waals surface area contributed by atoms with Crippen LogP contribution in [0, 0.1) is 0 Å². The van der Waals surface area contributed by atoms with Gasteiger partial charge in [-0.05, 0) is 66.0 Å². The van der Waals surface area contributed by atoms with Gasteiger partial charge in [-0.15, -0.1) is 5.11 Å². The van der Waals surface area contributed by atoms with Crippen molar-refractivity contribution in [1.82, 2.24) is 0 Å². The molecule has 0 aliphatic rings. The van der Waals surface area contributed by atoms with Crippen molar-refractivity contribution >= 4 is 63.9 Å². The molecule has 0 aromatic heterocycles. The van der Waals surface area contributed by atoms with Crippen LogP contribution in [0.4, 0.5) is 22.7 Å². The second kappa shape index (κ2) is 10.3. The Morgan fingerprint density at radius 1 is 0.525 bits per heavy atom. The summed E-state index contributed by atoms with van der Waals surface area (Å²) in [5.74, 6) is -1.78. The van der Waals surface area contributed by atoms with Gasteiger partial charge in [-0.2, -0.15) is 40.6 Å². The highest BCUT2D eigenvalue weighted by molar-refractivity contribution is 7.86. The molecule has 0 heterocycles. The van der Waals surface area contributed by atoms with Gasteiger partial charge in [-0.25, -0.2) is 0 Å². The van der Waals surface area contributed by atoms with Crippen LogP contribution in [0.3, 0.4) is 0 Å². The van der Waals surface area contributed by atoms with Crippen LogP contribution < -0.4 is 0 Å². The monoisotopic (exact) mass is 608 g/mol. The number of hydrogen-bond donors (Lipinski definition) is 5. The Morgan fingerprint density at radius 3 is 1.43 bits per heavy atom. The van der Waals surface area contributed by atoms with Gasteiger partial charge in [0, 0.05) is 6.07 Å². The lowest BCUT2D eigenvalue weighted by atomic mass is 10.1. The van der Waals surface area contributed by atoms with Gasteiger partial charge in [0.25, 0.3) is 30.4 Å². The second-order valence-corrected chi connectivity index (χ2v) is 12.2. The molecule has 4 aromatic rings. The molecule has 0 fully saturated rings. The highest BCUT2D eigenvalue weighted by Gasteiger charge is 2.25. The maximum Gasteiger partial charge on any atom is 0.296 e. The lowest BCUT2D eigenvalue weighted by Crippen LogP contribution is -2.01. The molecule has 5 N–H and O–H groups in total. The molecule has 0 saturated carbocycles. The molecule has 0 aliphatic carbocycles. The summed E-state index contributed by atoms with van der Waals surface area (Å²) in [5, 5.41) is 35.5. The van der Waals surface area contributed by atoms with E-state index in [1.165, 1.54) is 36.4 Å². The second-order valence-electron chi connectivity index (χ2n) is 7.95. The standard InChI is InChI=1S/C22H16N4O11S3/c27-18-11-17(39(32,33)34)9-12-10-19(40(35,36)37)21(22(28)20(12)18)26-25-14-3-1-13(2-4-14)23-24-15-5-7-16(8-6-15)38(29,30)31/h1-11,27-28H,(H,29,30,31)(H,32,33,34)(H,35,36,37). The average molecular weight is 609 g/mol. The van der Waals surface area contributed by atoms with Gasteiger partial charge in [-0.1, -0.05) is 0 Å². The van der Waals surface area contributed by atoms with Crippen molar-refractivity contribution in [2.75, 3.05) is 0 Å². The van der Waals surface area contributed by atoms with Gasteiger partial charge < -0.3 is 10.2 Å². The Kier molecular flexibility index (Phi) is 7.41. The van der Waals surface area contributed by atoms with Crippen molar-refractivity contribution in [1.29, 1.82) is 0 Å². The van der Waals surface area contributed by atoms with Crippen LogP contribution in [0.5, 0.6) is 11.5 Å². The number of rotatable bonds is 7. The Hall–Kier alpha value is -4.33. The largest absolute Gasteiger partial charge is 0.507 e. The van der Waals surface area contributed by atoms with Gasteiger partial charge in [0.15, 0.2) is 5.75 Å². The minimum Gasteiger partial charge on any atom is -0.507 e. The fourth-order valence-electron chi connectivity index (χ4n) is 3.37. The number of hydrogen-bond acceptors (Lipinski definition) is 12. The molecule has 4 aromatic carbocycles. The molecule has 0 bridgehead atoms. The fraction of sp³-hybridized carbons (Fsp3) is 0. The predicted octanol–water partition coefficient (Wildman–Crippen LogP) is 4.82. The van der Waals surface area contributed by atoms with Crippen molar-refractivity contribution in [2.45, 2.75) is 14.7 Å². The van der Waals surface area contributed by atoms with E-state index in [4.69, 9.17) is 4.55 Å². The summed E-state index contributed by atoms with van der Waals surface area (Å²) in [6.45, 7) is 0. The molecule has 4 rings (SSSR count). The topological polar surface area (TPSA) is 253 Å². The van der Waals surface area contributed by atoms with Gasteiger partial charge in [0.05, 0.1) is 32.2 Å². The maximum absolute atomic E-state index is 12.0. The predicted molar refractivity (Wildman–Crippen MR) is 138 cm³/mol. The van der Waals surface area contributed by atoms with Crippen molar-refractivity contribution < 1.29 is 49.1 Å². The van der Waals surface area contributed by atoms with E-state index in [-0.39, 0.29) is 21.7 Å². The molecule has 40 heavy (non-hydrogen) atoms. The summed E-state index contributed by atoms with van der Waals surface area (Å²) in [7, 11) is -14.2.